The van der Waals surface area contributed by atoms with Crippen LogP contribution >= 0.6 is 23.4 Å². The highest BCUT2D eigenvalue weighted by Crippen LogP contribution is 2.39. The Kier molecular flexibility index (Phi) is 4.05. The Bertz CT molecular complexity index is 677. The number of thioether (sulfide) groups is 1. The SMILES string of the molecule is CN=C1SC[C@](O)(c2ccc(Cl)c(S(N)(=O)=O)c2)N1C. The summed E-state index contributed by atoms with van der Waals surface area (Å²) >= 11 is 7.22. The topological polar surface area (TPSA) is 96.0 Å². The molecule has 1 aromatic carbocycles. The molecule has 0 bridgehead atoms. The summed E-state index contributed by atoms with van der Waals surface area (Å²) in [4.78, 5) is 5.44. The van der Waals surface area contributed by atoms with Gasteiger partial charge in [0.2, 0.25) is 10.0 Å². The Labute approximate surface area is 126 Å². The molecule has 2 rings (SSSR count). The number of benzene rings is 1. The fourth-order valence-electron chi connectivity index (χ4n) is 1.98. The second kappa shape index (κ2) is 5.19. The Hall–Kier alpha value is -0.800. The summed E-state index contributed by atoms with van der Waals surface area (Å²) in [6.07, 6.45) is 0. The van der Waals surface area contributed by atoms with Gasteiger partial charge in [-0.15, -0.1) is 0 Å². The number of halogens is 1. The molecule has 1 aliphatic heterocycles. The molecule has 0 aliphatic carbocycles. The van der Waals surface area contributed by atoms with Gasteiger partial charge in [-0.05, 0) is 12.1 Å². The van der Waals surface area contributed by atoms with E-state index in [4.69, 9.17) is 16.7 Å². The smallest absolute Gasteiger partial charge is 0.239 e. The van der Waals surface area contributed by atoms with Gasteiger partial charge in [0, 0.05) is 19.7 Å². The summed E-state index contributed by atoms with van der Waals surface area (Å²) in [6, 6.07) is 4.29. The quantitative estimate of drug-likeness (QED) is 0.833. The number of aliphatic imine (C=N–C) groups is 1. The van der Waals surface area contributed by atoms with Gasteiger partial charge in [-0.3, -0.25) is 4.99 Å². The highest BCUT2D eigenvalue weighted by molar-refractivity contribution is 8.14. The third kappa shape index (κ3) is 2.53. The minimum absolute atomic E-state index is 0.0255. The van der Waals surface area contributed by atoms with E-state index in [-0.39, 0.29) is 9.92 Å². The Balaban J connectivity index is 2.55. The maximum Gasteiger partial charge on any atom is 0.239 e. The second-order valence-corrected chi connectivity index (χ2v) is 7.24. The van der Waals surface area contributed by atoms with Crippen LogP contribution in [0.25, 0.3) is 0 Å². The summed E-state index contributed by atoms with van der Waals surface area (Å²) in [7, 11) is -0.632. The van der Waals surface area contributed by atoms with Crippen molar-refractivity contribution in [2.24, 2.45) is 10.1 Å². The van der Waals surface area contributed by atoms with Crippen LogP contribution in [0.15, 0.2) is 28.1 Å². The molecule has 20 heavy (non-hydrogen) atoms. The molecule has 0 amide bonds. The number of hydrogen-bond donors (Lipinski definition) is 2. The van der Waals surface area contributed by atoms with Crippen molar-refractivity contribution in [1.29, 1.82) is 0 Å². The minimum atomic E-state index is -3.95. The first kappa shape index (κ1) is 15.6. The fourth-order valence-corrected chi connectivity index (χ4v) is 4.21. The van der Waals surface area contributed by atoms with Crippen molar-refractivity contribution in [3.8, 4) is 0 Å². The summed E-state index contributed by atoms with van der Waals surface area (Å²) in [6.45, 7) is 0. The molecule has 1 atom stereocenters. The number of amidine groups is 1. The van der Waals surface area contributed by atoms with Gasteiger partial charge in [-0.25, -0.2) is 13.6 Å². The lowest BCUT2D eigenvalue weighted by atomic mass is 10.0. The predicted octanol–water partition coefficient (Wildman–Crippen LogP) is 0.797. The maximum absolute atomic E-state index is 11.5. The van der Waals surface area contributed by atoms with Gasteiger partial charge in [-0.1, -0.05) is 29.4 Å². The third-order valence-corrected chi connectivity index (χ3v) is 5.79. The average molecular weight is 336 g/mol. The molecule has 1 heterocycles. The van der Waals surface area contributed by atoms with Crippen molar-refractivity contribution < 1.29 is 13.5 Å². The second-order valence-electron chi connectivity index (χ2n) is 4.36. The Morgan fingerprint density at radius 3 is 2.70 bits per heavy atom. The van der Waals surface area contributed by atoms with Crippen molar-refractivity contribution in [1.82, 2.24) is 4.90 Å². The standard InChI is InChI=1S/C11H14ClN3O3S2/c1-14-10-15(2)11(16,6-19-10)7-3-4-8(12)9(5-7)20(13,17)18/h3-5,16H,6H2,1-2H3,(H2,13,17,18)/t11-/m0/s1. The van der Waals surface area contributed by atoms with E-state index in [1.54, 1.807) is 25.1 Å². The highest BCUT2D eigenvalue weighted by Gasteiger charge is 2.42. The number of hydrogen-bond acceptors (Lipinski definition) is 5. The molecular formula is C11H14ClN3O3S2. The van der Waals surface area contributed by atoms with Crippen LogP contribution in [-0.2, 0) is 15.7 Å². The molecule has 6 nitrogen and oxygen atoms in total. The lowest BCUT2D eigenvalue weighted by Gasteiger charge is -2.31. The zero-order valence-corrected chi connectivity index (χ0v) is 13.3. The number of aliphatic hydroxyl groups is 1. The van der Waals surface area contributed by atoms with Gasteiger partial charge >= 0.3 is 0 Å². The molecule has 0 spiro atoms. The van der Waals surface area contributed by atoms with E-state index < -0.39 is 15.7 Å². The maximum atomic E-state index is 11.5. The first-order valence-electron chi connectivity index (χ1n) is 5.59. The van der Waals surface area contributed by atoms with Crippen LogP contribution < -0.4 is 5.14 Å². The van der Waals surface area contributed by atoms with E-state index in [2.05, 4.69) is 4.99 Å². The molecule has 1 aromatic rings. The van der Waals surface area contributed by atoms with E-state index in [0.29, 0.717) is 16.5 Å². The summed E-state index contributed by atoms with van der Waals surface area (Å²) in [5, 5.41) is 16.6. The predicted molar refractivity (Wildman–Crippen MR) is 80.3 cm³/mol. The van der Waals surface area contributed by atoms with Gasteiger partial charge in [0.15, 0.2) is 10.9 Å². The first-order chi connectivity index (χ1) is 9.20. The van der Waals surface area contributed by atoms with Crippen molar-refractivity contribution >= 4 is 38.6 Å². The van der Waals surface area contributed by atoms with Crippen molar-refractivity contribution in [3.63, 3.8) is 0 Å². The number of primary sulfonamides is 1. The van der Waals surface area contributed by atoms with Gasteiger partial charge in [0.05, 0.1) is 10.8 Å². The van der Waals surface area contributed by atoms with Crippen molar-refractivity contribution in [3.05, 3.63) is 28.8 Å². The molecule has 3 N–H and O–H groups in total. The lowest BCUT2D eigenvalue weighted by molar-refractivity contribution is -0.0349. The number of nitrogens with zero attached hydrogens (tertiary/aromatic N) is 2. The van der Waals surface area contributed by atoms with Gasteiger partial charge < -0.3 is 10.0 Å². The molecule has 110 valence electrons. The fraction of sp³-hybridized carbons (Fsp3) is 0.364. The van der Waals surface area contributed by atoms with E-state index in [9.17, 15) is 13.5 Å². The zero-order chi connectivity index (χ0) is 15.1. The Morgan fingerprint density at radius 1 is 1.55 bits per heavy atom. The number of rotatable bonds is 2. The van der Waals surface area contributed by atoms with Crippen LogP contribution in [0.1, 0.15) is 5.56 Å². The molecule has 0 unspecified atom stereocenters. The van der Waals surface area contributed by atoms with E-state index >= 15 is 0 Å². The molecule has 9 heteroatoms. The molecular weight excluding hydrogens is 322 g/mol. The summed E-state index contributed by atoms with van der Waals surface area (Å²) in [5.74, 6) is 0.335. The number of sulfonamides is 1. The molecule has 1 fully saturated rings. The largest absolute Gasteiger partial charge is 0.366 e. The van der Waals surface area contributed by atoms with Gasteiger partial charge in [0.1, 0.15) is 4.90 Å². The van der Waals surface area contributed by atoms with Crippen LogP contribution in [0.3, 0.4) is 0 Å². The molecule has 0 saturated carbocycles. The number of nitrogens with two attached hydrogens (primary N) is 1. The van der Waals surface area contributed by atoms with Crippen LogP contribution in [0.2, 0.25) is 5.02 Å². The van der Waals surface area contributed by atoms with Gasteiger partial charge in [-0.2, -0.15) is 0 Å². The van der Waals surface area contributed by atoms with Crippen LogP contribution in [0, 0.1) is 0 Å². The average Bonchev–Trinajstić information content (AvgIpc) is 2.66. The lowest BCUT2D eigenvalue weighted by Crippen LogP contribution is -2.42. The van der Waals surface area contributed by atoms with Crippen LogP contribution in [0.5, 0.6) is 0 Å². The molecule has 0 radical (unpaired) electrons. The van der Waals surface area contributed by atoms with E-state index in [1.807, 2.05) is 0 Å². The summed E-state index contributed by atoms with van der Waals surface area (Å²) in [5.41, 5.74) is -0.941. The van der Waals surface area contributed by atoms with Crippen LogP contribution in [-0.4, -0.2) is 43.4 Å². The van der Waals surface area contributed by atoms with E-state index in [1.165, 1.54) is 23.9 Å². The monoisotopic (exact) mass is 335 g/mol. The normalized spacial score (nSPS) is 25.4. The van der Waals surface area contributed by atoms with Crippen molar-refractivity contribution in [2.75, 3.05) is 19.8 Å². The molecule has 1 saturated heterocycles. The Morgan fingerprint density at radius 2 is 2.20 bits per heavy atom. The van der Waals surface area contributed by atoms with Crippen molar-refractivity contribution in [2.45, 2.75) is 10.6 Å². The first-order valence-corrected chi connectivity index (χ1v) is 8.50. The summed E-state index contributed by atoms with van der Waals surface area (Å²) < 4.78 is 23.0. The minimum Gasteiger partial charge on any atom is -0.366 e. The van der Waals surface area contributed by atoms with Gasteiger partial charge in [0.25, 0.3) is 0 Å². The third-order valence-electron chi connectivity index (χ3n) is 3.14. The zero-order valence-electron chi connectivity index (χ0n) is 10.9. The van der Waals surface area contributed by atoms with Crippen LogP contribution in [0.4, 0.5) is 0 Å². The highest BCUT2D eigenvalue weighted by atomic mass is 35.5. The molecule has 0 aromatic heterocycles. The van der Waals surface area contributed by atoms with E-state index in [0.717, 1.165) is 0 Å². The molecule has 1 aliphatic rings.